The Morgan fingerprint density at radius 3 is 1.83 bits per heavy atom. The van der Waals surface area contributed by atoms with Crippen molar-refractivity contribution in [3.05, 3.63) is 55.4 Å². The first-order valence-corrected chi connectivity index (χ1v) is 7.03. The van der Waals surface area contributed by atoms with Gasteiger partial charge in [-0.25, -0.2) is 0 Å². The van der Waals surface area contributed by atoms with Gasteiger partial charge < -0.3 is 10.2 Å². The Kier molecular flexibility index (Phi) is 6.29. The molecule has 0 saturated carbocycles. The summed E-state index contributed by atoms with van der Waals surface area (Å²) >= 11 is 17.4. The lowest BCUT2D eigenvalue weighted by Gasteiger charge is -1.95. The zero-order valence-corrected chi connectivity index (χ0v) is 13.6. The molecule has 0 unspecified atom stereocenters. The first kappa shape index (κ1) is 15.6. The van der Waals surface area contributed by atoms with Gasteiger partial charge in [-0.3, -0.25) is 0 Å². The first-order valence-electron chi connectivity index (χ1n) is 4.69. The number of rotatable bonds is 0. The van der Waals surface area contributed by atoms with Gasteiger partial charge in [0.2, 0.25) is 0 Å². The van der Waals surface area contributed by atoms with E-state index in [2.05, 4.69) is 31.9 Å². The van der Waals surface area contributed by atoms with Crippen LogP contribution in [-0.4, -0.2) is 10.2 Å². The summed E-state index contributed by atoms with van der Waals surface area (Å²) in [6, 6.07) is 9.96. The van der Waals surface area contributed by atoms with Gasteiger partial charge in [0, 0.05) is 4.47 Å². The highest BCUT2D eigenvalue weighted by molar-refractivity contribution is 9.13. The summed E-state index contributed by atoms with van der Waals surface area (Å²) in [6.07, 6.45) is 0. The van der Waals surface area contributed by atoms with Crippen molar-refractivity contribution >= 4 is 55.1 Å². The number of aromatic hydroxyl groups is 2. The van der Waals surface area contributed by atoms with Gasteiger partial charge in [-0.15, -0.1) is 0 Å². The monoisotopic (exact) mass is 412 g/mol. The SMILES string of the molecule is Oc1cccc(Br)c1Br.Oc1cccc(Cl)c1Cl. The van der Waals surface area contributed by atoms with Gasteiger partial charge >= 0.3 is 0 Å². The molecule has 18 heavy (non-hydrogen) atoms. The smallest absolute Gasteiger partial charge is 0.135 e. The Bertz CT molecular complexity index is 458. The molecule has 2 aromatic carbocycles. The minimum atomic E-state index is 0.0177. The number of halogens is 4. The lowest BCUT2D eigenvalue weighted by Crippen LogP contribution is -1.68. The molecule has 0 spiro atoms. The molecule has 2 aromatic rings. The van der Waals surface area contributed by atoms with Crippen molar-refractivity contribution in [1.82, 2.24) is 0 Å². The van der Waals surface area contributed by atoms with Gasteiger partial charge in [0.15, 0.2) is 0 Å². The van der Waals surface area contributed by atoms with Gasteiger partial charge in [0.1, 0.15) is 16.5 Å². The second-order valence-corrected chi connectivity index (χ2v) is 5.58. The Balaban J connectivity index is 0.000000180. The Morgan fingerprint density at radius 2 is 1.39 bits per heavy atom. The highest BCUT2D eigenvalue weighted by atomic mass is 79.9. The van der Waals surface area contributed by atoms with Crippen LogP contribution in [0.1, 0.15) is 0 Å². The van der Waals surface area contributed by atoms with Crippen molar-refractivity contribution < 1.29 is 10.2 Å². The third kappa shape index (κ3) is 4.35. The van der Waals surface area contributed by atoms with Crippen LogP contribution in [0.5, 0.6) is 11.5 Å². The molecule has 0 radical (unpaired) electrons. The van der Waals surface area contributed by atoms with Crippen molar-refractivity contribution in [3.8, 4) is 11.5 Å². The standard InChI is InChI=1S/C6H4Br2O.C6H4Cl2O/c2*7-4-2-1-3-5(9)6(4)8/h2*1-3,9H. The van der Waals surface area contributed by atoms with E-state index in [4.69, 9.17) is 33.4 Å². The molecule has 0 fully saturated rings. The molecule has 0 atom stereocenters. The number of phenolic OH excluding ortho intramolecular Hbond substituents is 2. The number of hydrogen-bond acceptors (Lipinski definition) is 2. The summed E-state index contributed by atoms with van der Waals surface area (Å²) in [5.41, 5.74) is 0. The normalized spacial score (nSPS) is 9.56. The predicted octanol–water partition coefficient (Wildman–Crippen LogP) is 5.62. The van der Waals surface area contributed by atoms with Crippen molar-refractivity contribution in [3.63, 3.8) is 0 Å². The van der Waals surface area contributed by atoms with Gasteiger partial charge in [0.25, 0.3) is 0 Å². The first-order chi connectivity index (χ1) is 8.43. The van der Waals surface area contributed by atoms with Crippen LogP contribution in [0.4, 0.5) is 0 Å². The Morgan fingerprint density at radius 1 is 0.833 bits per heavy atom. The van der Waals surface area contributed by atoms with Gasteiger partial charge in [0.05, 0.1) is 9.50 Å². The lowest BCUT2D eigenvalue weighted by molar-refractivity contribution is 0.471. The van der Waals surface area contributed by atoms with Crippen LogP contribution in [0, 0.1) is 0 Å². The minimum absolute atomic E-state index is 0.0177. The molecule has 0 saturated heterocycles. The fourth-order valence-electron chi connectivity index (χ4n) is 0.985. The molecule has 0 aliphatic carbocycles. The summed E-state index contributed by atoms with van der Waals surface area (Å²) in [5.74, 6) is 0.272. The third-order valence-electron chi connectivity index (χ3n) is 1.86. The molecule has 0 aliphatic rings. The lowest BCUT2D eigenvalue weighted by atomic mass is 10.3. The van der Waals surface area contributed by atoms with E-state index in [0.29, 0.717) is 9.50 Å². The predicted molar refractivity (Wildman–Crippen MR) is 81.6 cm³/mol. The topological polar surface area (TPSA) is 40.5 Å². The third-order valence-corrected chi connectivity index (χ3v) is 4.70. The van der Waals surface area contributed by atoms with E-state index >= 15 is 0 Å². The molecular formula is C12H8Br2Cl2O2. The summed E-state index contributed by atoms with van der Waals surface area (Å²) in [5, 5.41) is 18.5. The van der Waals surface area contributed by atoms with Crippen LogP contribution < -0.4 is 0 Å². The summed E-state index contributed by atoms with van der Waals surface area (Å²) in [4.78, 5) is 0. The maximum atomic E-state index is 9.02. The average Bonchev–Trinajstić information content (AvgIpc) is 2.34. The van der Waals surface area contributed by atoms with E-state index in [1.54, 1.807) is 24.3 Å². The Labute approximate surface area is 131 Å². The second-order valence-electron chi connectivity index (χ2n) is 3.15. The van der Waals surface area contributed by atoms with Crippen molar-refractivity contribution in [2.45, 2.75) is 0 Å². The molecule has 2 N–H and O–H groups in total. The maximum absolute atomic E-state index is 9.02. The number of phenols is 2. The molecule has 6 heteroatoms. The summed E-state index contributed by atoms with van der Waals surface area (Å²) in [7, 11) is 0. The van der Waals surface area contributed by atoms with Crippen LogP contribution in [-0.2, 0) is 0 Å². The molecule has 0 bridgehead atoms. The van der Waals surface area contributed by atoms with E-state index in [9.17, 15) is 0 Å². The molecular weight excluding hydrogens is 407 g/mol. The number of benzene rings is 2. The average molecular weight is 415 g/mol. The summed E-state index contributed by atoms with van der Waals surface area (Å²) in [6.45, 7) is 0. The van der Waals surface area contributed by atoms with E-state index in [1.165, 1.54) is 6.07 Å². The van der Waals surface area contributed by atoms with Crippen molar-refractivity contribution in [2.24, 2.45) is 0 Å². The van der Waals surface area contributed by atoms with E-state index in [0.717, 1.165) is 4.47 Å². The highest BCUT2D eigenvalue weighted by Crippen LogP contribution is 2.31. The fourth-order valence-corrected chi connectivity index (χ4v) is 1.90. The number of hydrogen-bond donors (Lipinski definition) is 2. The Hall–Kier alpha value is -0.420. The van der Waals surface area contributed by atoms with E-state index in [-0.39, 0.29) is 16.5 Å². The molecule has 2 rings (SSSR count). The zero-order chi connectivity index (χ0) is 13.7. The largest absolute Gasteiger partial charge is 0.507 e. The van der Waals surface area contributed by atoms with Gasteiger partial charge in [-0.1, -0.05) is 35.3 Å². The zero-order valence-electron chi connectivity index (χ0n) is 8.87. The molecule has 0 aliphatic heterocycles. The molecule has 0 amide bonds. The quantitative estimate of drug-likeness (QED) is 0.587. The maximum Gasteiger partial charge on any atom is 0.135 e. The van der Waals surface area contributed by atoms with Gasteiger partial charge in [-0.2, -0.15) is 0 Å². The van der Waals surface area contributed by atoms with Crippen LogP contribution in [0.2, 0.25) is 10.0 Å². The van der Waals surface area contributed by atoms with E-state index in [1.807, 2.05) is 6.07 Å². The molecule has 2 nitrogen and oxygen atoms in total. The van der Waals surface area contributed by atoms with E-state index < -0.39 is 0 Å². The summed E-state index contributed by atoms with van der Waals surface area (Å²) < 4.78 is 1.56. The van der Waals surface area contributed by atoms with Crippen LogP contribution in [0.3, 0.4) is 0 Å². The molecule has 0 aromatic heterocycles. The van der Waals surface area contributed by atoms with Crippen LogP contribution in [0.15, 0.2) is 45.3 Å². The fraction of sp³-hybridized carbons (Fsp3) is 0. The highest BCUT2D eigenvalue weighted by Gasteiger charge is 1.99. The van der Waals surface area contributed by atoms with Gasteiger partial charge in [-0.05, 0) is 56.1 Å². The molecule has 96 valence electrons. The van der Waals surface area contributed by atoms with Crippen molar-refractivity contribution in [2.75, 3.05) is 0 Å². The second kappa shape index (κ2) is 7.24. The van der Waals surface area contributed by atoms with Crippen LogP contribution in [0.25, 0.3) is 0 Å². The van der Waals surface area contributed by atoms with Crippen molar-refractivity contribution in [1.29, 1.82) is 0 Å². The minimum Gasteiger partial charge on any atom is -0.507 e. The molecule has 0 heterocycles. The van der Waals surface area contributed by atoms with Crippen LogP contribution >= 0.6 is 55.1 Å².